The molecule has 0 aliphatic heterocycles. The zero-order valence-electron chi connectivity index (χ0n) is 7.08. The van der Waals surface area contributed by atoms with Crippen molar-refractivity contribution >= 4 is 11.7 Å². The van der Waals surface area contributed by atoms with Gasteiger partial charge in [-0.25, -0.2) is 9.18 Å². The number of esters is 1. The van der Waals surface area contributed by atoms with Gasteiger partial charge in [-0.15, -0.1) is 0 Å². The third-order valence-electron chi connectivity index (χ3n) is 1.43. The number of nitrogens with zero attached hydrogens (tertiary/aromatic N) is 1. The summed E-state index contributed by atoms with van der Waals surface area (Å²) in [5, 5.41) is 0. The molecular formula is C8H9FN2O2. The summed E-state index contributed by atoms with van der Waals surface area (Å²) in [6, 6.07) is 0. The number of hydrogen-bond donors (Lipinski definition) is 1. The molecule has 2 N–H and O–H groups in total. The first-order valence-corrected chi connectivity index (χ1v) is 3.73. The fourth-order valence-electron chi connectivity index (χ4n) is 0.816. The molecule has 1 heterocycles. The monoisotopic (exact) mass is 184 g/mol. The largest absolute Gasteiger partial charge is 0.462 e. The summed E-state index contributed by atoms with van der Waals surface area (Å²) >= 11 is 0. The van der Waals surface area contributed by atoms with E-state index in [1.165, 1.54) is 6.20 Å². The van der Waals surface area contributed by atoms with E-state index in [4.69, 9.17) is 5.73 Å². The van der Waals surface area contributed by atoms with E-state index in [1.54, 1.807) is 6.92 Å². The average molecular weight is 184 g/mol. The molecule has 0 unspecified atom stereocenters. The number of hydrogen-bond acceptors (Lipinski definition) is 4. The lowest BCUT2D eigenvalue weighted by Gasteiger charge is -2.04. The van der Waals surface area contributed by atoms with Crippen LogP contribution >= 0.6 is 0 Å². The zero-order valence-corrected chi connectivity index (χ0v) is 7.08. The number of pyridine rings is 1. The second kappa shape index (κ2) is 3.84. The number of ether oxygens (including phenoxy) is 1. The van der Waals surface area contributed by atoms with Gasteiger partial charge in [0, 0.05) is 6.20 Å². The van der Waals surface area contributed by atoms with Gasteiger partial charge in [0.2, 0.25) is 0 Å². The molecule has 1 aromatic heterocycles. The maximum Gasteiger partial charge on any atom is 0.341 e. The molecule has 0 aliphatic rings. The van der Waals surface area contributed by atoms with Gasteiger partial charge in [-0.05, 0) is 6.92 Å². The van der Waals surface area contributed by atoms with Crippen molar-refractivity contribution < 1.29 is 13.9 Å². The van der Waals surface area contributed by atoms with Crippen LogP contribution in [0, 0.1) is 5.82 Å². The van der Waals surface area contributed by atoms with Gasteiger partial charge in [0.05, 0.1) is 18.5 Å². The summed E-state index contributed by atoms with van der Waals surface area (Å²) < 4.78 is 17.4. The molecule has 0 saturated heterocycles. The van der Waals surface area contributed by atoms with Crippen molar-refractivity contribution in [2.24, 2.45) is 0 Å². The quantitative estimate of drug-likeness (QED) is 0.696. The lowest BCUT2D eigenvalue weighted by molar-refractivity contribution is 0.0526. The number of aromatic nitrogens is 1. The molecule has 0 atom stereocenters. The van der Waals surface area contributed by atoms with E-state index in [-0.39, 0.29) is 17.9 Å². The first kappa shape index (κ1) is 9.44. The highest BCUT2D eigenvalue weighted by Gasteiger charge is 2.13. The Morgan fingerprint density at radius 3 is 3.00 bits per heavy atom. The first-order valence-electron chi connectivity index (χ1n) is 3.73. The van der Waals surface area contributed by atoms with Crippen molar-refractivity contribution in [2.75, 3.05) is 12.3 Å². The minimum absolute atomic E-state index is 0.0400. The summed E-state index contributed by atoms with van der Waals surface area (Å²) in [6.45, 7) is 1.87. The molecule has 0 aliphatic carbocycles. The number of anilines is 1. The van der Waals surface area contributed by atoms with E-state index in [0.29, 0.717) is 0 Å². The second-order valence-electron chi connectivity index (χ2n) is 2.30. The van der Waals surface area contributed by atoms with Crippen LogP contribution in [0.2, 0.25) is 0 Å². The summed E-state index contributed by atoms with van der Waals surface area (Å²) in [6.07, 6.45) is 2.12. The van der Waals surface area contributed by atoms with Crippen molar-refractivity contribution in [1.82, 2.24) is 4.98 Å². The average Bonchev–Trinajstić information content (AvgIpc) is 2.10. The fourth-order valence-corrected chi connectivity index (χ4v) is 0.816. The number of rotatable bonds is 2. The van der Waals surface area contributed by atoms with Gasteiger partial charge in [-0.3, -0.25) is 4.98 Å². The second-order valence-corrected chi connectivity index (χ2v) is 2.30. The van der Waals surface area contributed by atoms with Gasteiger partial charge in [0.1, 0.15) is 5.56 Å². The van der Waals surface area contributed by atoms with E-state index in [9.17, 15) is 9.18 Å². The maximum absolute atomic E-state index is 12.8. The summed E-state index contributed by atoms with van der Waals surface area (Å²) in [5.41, 5.74) is 5.03. The molecule has 0 aromatic carbocycles. The Hall–Kier alpha value is -1.65. The van der Waals surface area contributed by atoms with Crippen LogP contribution in [0.15, 0.2) is 12.4 Å². The van der Waals surface area contributed by atoms with Gasteiger partial charge in [-0.1, -0.05) is 0 Å². The van der Waals surface area contributed by atoms with E-state index in [0.717, 1.165) is 6.20 Å². The van der Waals surface area contributed by atoms with Crippen LogP contribution in [0.3, 0.4) is 0 Å². The Morgan fingerprint density at radius 1 is 1.69 bits per heavy atom. The van der Waals surface area contributed by atoms with Crippen molar-refractivity contribution in [3.63, 3.8) is 0 Å². The maximum atomic E-state index is 12.8. The minimum Gasteiger partial charge on any atom is -0.462 e. The number of nitrogen functional groups attached to an aromatic ring is 1. The van der Waals surface area contributed by atoms with Crippen LogP contribution in [0.1, 0.15) is 17.3 Å². The Labute approximate surface area is 74.5 Å². The lowest BCUT2D eigenvalue weighted by atomic mass is 10.2. The normalized spacial score (nSPS) is 9.69. The Bertz CT molecular complexity index is 328. The van der Waals surface area contributed by atoms with Gasteiger partial charge < -0.3 is 10.5 Å². The third-order valence-corrected chi connectivity index (χ3v) is 1.43. The molecule has 5 heteroatoms. The van der Waals surface area contributed by atoms with E-state index in [1.807, 2.05) is 0 Å². The molecule has 13 heavy (non-hydrogen) atoms. The molecule has 0 saturated carbocycles. The first-order chi connectivity index (χ1) is 6.16. The van der Waals surface area contributed by atoms with Crippen molar-refractivity contribution in [2.45, 2.75) is 6.92 Å². The van der Waals surface area contributed by atoms with Crippen LogP contribution in [-0.2, 0) is 4.74 Å². The molecule has 70 valence electrons. The molecule has 0 amide bonds. The summed E-state index contributed by atoms with van der Waals surface area (Å²) in [5.74, 6) is -1.38. The minimum atomic E-state index is -0.717. The highest BCUT2D eigenvalue weighted by molar-refractivity contribution is 5.94. The number of carbonyl (C=O) groups excluding carboxylic acids is 1. The highest BCUT2D eigenvalue weighted by atomic mass is 19.1. The van der Waals surface area contributed by atoms with E-state index < -0.39 is 11.8 Å². The van der Waals surface area contributed by atoms with Crippen molar-refractivity contribution in [3.05, 3.63) is 23.8 Å². The Balaban J connectivity index is 3.01. The summed E-state index contributed by atoms with van der Waals surface area (Å²) in [7, 11) is 0. The van der Waals surface area contributed by atoms with Crippen LogP contribution in [0.4, 0.5) is 10.1 Å². The van der Waals surface area contributed by atoms with Crippen LogP contribution in [-0.4, -0.2) is 17.6 Å². The van der Waals surface area contributed by atoms with Crippen LogP contribution < -0.4 is 5.73 Å². The predicted molar refractivity (Wildman–Crippen MR) is 44.6 cm³/mol. The van der Waals surface area contributed by atoms with Gasteiger partial charge in [0.25, 0.3) is 0 Å². The fraction of sp³-hybridized carbons (Fsp3) is 0.250. The van der Waals surface area contributed by atoms with Crippen molar-refractivity contribution in [3.8, 4) is 0 Å². The van der Waals surface area contributed by atoms with Crippen LogP contribution in [0.25, 0.3) is 0 Å². The van der Waals surface area contributed by atoms with Gasteiger partial charge in [0.15, 0.2) is 5.82 Å². The van der Waals surface area contributed by atoms with Crippen LogP contribution in [0.5, 0.6) is 0 Å². The van der Waals surface area contributed by atoms with Gasteiger partial charge >= 0.3 is 5.97 Å². The molecular weight excluding hydrogens is 175 g/mol. The van der Waals surface area contributed by atoms with E-state index in [2.05, 4.69) is 9.72 Å². The summed E-state index contributed by atoms with van der Waals surface area (Å²) in [4.78, 5) is 14.6. The standard InChI is InChI=1S/C8H9FN2O2/c1-2-13-8(12)5-3-11-4-6(9)7(5)10/h3-4H,2H2,1H3,(H2,10,11). The zero-order chi connectivity index (χ0) is 9.84. The number of halogens is 1. The molecule has 4 nitrogen and oxygen atoms in total. The SMILES string of the molecule is CCOC(=O)c1cncc(F)c1N. The molecule has 1 rings (SSSR count). The molecule has 0 bridgehead atoms. The smallest absolute Gasteiger partial charge is 0.341 e. The van der Waals surface area contributed by atoms with Crippen molar-refractivity contribution in [1.29, 1.82) is 0 Å². The Morgan fingerprint density at radius 2 is 2.38 bits per heavy atom. The number of nitrogens with two attached hydrogens (primary N) is 1. The predicted octanol–water partition coefficient (Wildman–Crippen LogP) is 0.980. The third kappa shape index (κ3) is 1.93. The molecule has 0 radical (unpaired) electrons. The Kier molecular flexibility index (Phi) is 2.79. The number of carbonyl (C=O) groups is 1. The topological polar surface area (TPSA) is 65.2 Å². The molecule has 0 fully saturated rings. The van der Waals surface area contributed by atoms with Gasteiger partial charge in [-0.2, -0.15) is 0 Å². The highest BCUT2D eigenvalue weighted by Crippen LogP contribution is 2.14. The lowest BCUT2D eigenvalue weighted by Crippen LogP contribution is -2.09. The molecule has 0 spiro atoms. The van der Waals surface area contributed by atoms with E-state index >= 15 is 0 Å². The molecule has 1 aromatic rings.